The number of nitriles is 1. The number of benzene rings is 2. The molecule has 0 bridgehead atoms. The minimum absolute atomic E-state index is 0.237. The summed E-state index contributed by atoms with van der Waals surface area (Å²) in [4.78, 5) is 5.64. The van der Waals surface area contributed by atoms with Crippen LogP contribution >= 0.6 is 0 Å². The molecule has 9 heteroatoms. The van der Waals surface area contributed by atoms with Gasteiger partial charge in [-0.15, -0.1) is 0 Å². The van der Waals surface area contributed by atoms with Gasteiger partial charge in [-0.1, -0.05) is 17.3 Å². The van der Waals surface area contributed by atoms with Crippen molar-refractivity contribution < 1.29 is 22.7 Å². The highest BCUT2D eigenvalue weighted by molar-refractivity contribution is 7.89. The molecule has 164 valence electrons. The van der Waals surface area contributed by atoms with Crippen molar-refractivity contribution in [3.05, 3.63) is 59.7 Å². The van der Waals surface area contributed by atoms with Crippen molar-refractivity contribution in [3.63, 3.8) is 0 Å². The molecule has 0 unspecified atom stereocenters. The molecule has 1 saturated heterocycles. The van der Waals surface area contributed by atoms with E-state index < -0.39 is 10.0 Å². The summed E-state index contributed by atoms with van der Waals surface area (Å²) in [7, 11) is -1.98. The Balaban J connectivity index is 1.52. The van der Waals surface area contributed by atoms with Gasteiger partial charge in [-0.05, 0) is 42.0 Å². The van der Waals surface area contributed by atoms with Crippen molar-refractivity contribution in [2.24, 2.45) is 5.16 Å². The second kappa shape index (κ2) is 10.9. The van der Waals surface area contributed by atoms with Gasteiger partial charge in [0, 0.05) is 33.0 Å². The van der Waals surface area contributed by atoms with Gasteiger partial charge in [0.2, 0.25) is 10.0 Å². The van der Waals surface area contributed by atoms with E-state index in [9.17, 15) is 8.42 Å². The zero-order valence-electron chi connectivity index (χ0n) is 17.4. The van der Waals surface area contributed by atoms with E-state index in [0.717, 1.165) is 11.3 Å². The molecule has 31 heavy (non-hydrogen) atoms. The summed E-state index contributed by atoms with van der Waals surface area (Å²) in [6.07, 6.45) is 1.02. The fraction of sp³-hybridized carbons (Fsp3) is 0.364. The summed E-state index contributed by atoms with van der Waals surface area (Å²) in [5, 5.41) is 13.1. The molecule has 1 aliphatic rings. The zero-order chi connectivity index (χ0) is 22.1. The summed E-state index contributed by atoms with van der Waals surface area (Å²) in [5.74, 6) is 0.599. The normalized spacial score (nSPS) is 14.6. The Kier molecular flexibility index (Phi) is 8.00. The third kappa shape index (κ3) is 6.28. The van der Waals surface area contributed by atoms with Crippen molar-refractivity contribution in [1.29, 1.82) is 5.26 Å². The van der Waals surface area contributed by atoms with E-state index in [4.69, 9.17) is 19.6 Å². The third-order valence-electron chi connectivity index (χ3n) is 4.80. The Hall–Kier alpha value is -2.93. The van der Waals surface area contributed by atoms with Crippen LogP contribution in [0.5, 0.6) is 5.75 Å². The summed E-state index contributed by atoms with van der Waals surface area (Å²) in [6, 6.07) is 15.6. The topological polar surface area (TPSA) is 101 Å². The lowest BCUT2D eigenvalue weighted by Crippen LogP contribution is -2.38. The summed E-state index contributed by atoms with van der Waals surface area (Å²) in [6.45, 7) is 1.83. The van der Waals surface area contributed by atoms with Gasteiger partial charge in [-0.25, -0.2) is 8.42 Å². The van der Waals surface area contributed by atoms with Crippen LogP contribution in [-0.4, -0.2) is 51.8 Å². The maximum absolute atomic E-state index is 12.9. The van der Waals surface area contributed by atoms with Gasteiger partial charge >= 0.3 is 0 Å². The molecule has 3 rings (SSSR count). The predicted octanol–water partition coefficient (Wildman–Crippen LogP) is 2.94. The highest BCUT2D eigenvalue weighted by Gasteiger charge is 2.28. The van der Waals surface area contributed by atoms with E-state index >= 15 is 0 Å². The lowest BCUT2D eigenvalue weighted by atomic mass is 10.1. The summed E-state index contributed by atoms with van der Waals surface area (Å²) in [5.41, 5.74) is 2.25. The van der Waals surface area contributed by atoms with Crippen LogP contribution in [0.1, 0.15) is 24.0 Å². The Morgan fingerprint density at radius 2 is 1.84 bits per heavy atom. The van der Waals surface area contributed by atoms with E-state index in [1.807, 2.05) is 6.07 Å². The Bertz CT molecular complexity index is 1040. The molecule has 2 aromatic rings. The first kappa shape index (κ1) is 22.7. The van der Waals surface area contributed by atoms with Crippen LogP contribution < -0.4 is 4.74 Å². The fourth-order valence-electron chi connectivity index (χ4n) is 3.10. The first-order valence-corrected chi connectivity index (χ1v) is 11.4. The number of rotatable bonds is 9. The number of hydrogen-bond acceptors (Lipinski definition) is 7. The average molecular weight is 444 g/mol. The minimum Gasteiger partial charge on any atom is -0.491 e. The van der Waals surface area contributed by atoms with Crippen LogP contribution in [0.2, 0.25) is 0 Å². The smallest absolute Gasteiger partial charge is 0.243 e. The highest BCUT2D eigenvalue weighted by Crippen LogP contribution is 2.22. The molecule has 0 N–H and O–H groups in total. The molecule has 1 fully saturated rings. The van der Waals surface area contributed by atoms with Crippen LogP contribution in [0.4, 0.5) is 0 Å². The molecule has 0 aliphatic carbocycles. The number of piperidine rings is 1. The van der Waals surface area contributed by atoms with Crippen molar-refractivity contribution in [2.45, 2.75) is 24.3 Å². The van der Waals surface area contributed by atoms with Gasteiger partial charge in [0.25, 0.3) is 0 Å². The van der Waals surface area contributed by atoms with Crippen LogP contribution in [0, 0.1) is 11.3 Å². The number of methoxy groups -OCH3 is 1. The Morgan fingerprint density at radius 1 is 1.10 bits per heavy atom. The SMILES string of the molecule is COCCOc1ccc(S(=O)(=O)N2CCC(=NOCc3cccc(C#N)c3)CC2)cc1. The average Bonchev–Trinajstić information content (AvgIpc) is 2.80. The van der Waals surface area contributed by atoms with E-state index in [-0.39, 0.29) is 11.5 Å². The maximum atomic E-state index is 12.9. The molecular formula is C22H25N3O5S. The lowest BCUT2D eigenvalue weighted by Gasteiger charge is -2.26. The Morgan fingerprint density at radius 3 is 2.52 bits per heavy atom. The molecule has 0 amide bonds. The number of ether oxygens (including phenoxy) is 2. The molecule has 0 saturated carbocycles. The van der Waals surface area contributed by atoms with Crippen molar-refractivity contribution in [2.75, 3.05) is 33.4 Å². The highest BCUT2D eigenvalue weighted by atomic mass is 32.2. The number of nitrogens with zero attached hydrogens (tertiary/aromatic N) is 3. The number of sulfonamides is 1. The van der Waals surface area contributed by atoms with E-state index in [1.165, 1.54) is 4.31 Å². The van der Waals surface area contributed by atoms with Crippen LogP contribution in [0.15, 0.2) is 58.6 Å². The minimum atomic E-state index is -3.57. The predicted molar refractivity (Wildman–Crippen MR) is 115 cm³/mol. The number of oxime groups is 1. The van der Waals surface area contributed by atoms with Gasteiger partial charge in [0.1, 0.15) is 19.0 Å². The molecule has 2 aromatic carbocycles. The van der Waals surface area contributed by atoms with Gasteiger partial charge < -0.3 is 14.3 Å². The standard InChI is InChI=1S/C22H25N3O5S/c1-28-13-14-29-21-5-7-22(8-6-21)31(26,27)25-11-9-20(10-12-25)24-30-17-19-4-2-3-18(15-19)16-23/h2-8,15H,9-14,17H2,1H3. The van der Waals surface area contributed by atoms with E-state index in [2.05, 4.69) is 11.2 Å². The van der Waals surface area contributed by atoms with Gasteiger partial charge in [-0.2, -0.15) is 9.57 Å². The van der Waals surface area contributed by atoms with Crippen LogP contribution in [-0.2, 0) is 26.2 Å². The molecule has 0 spiro atoms. The van der Waals surface area contributed by atoms with E-state index in [0.29, 0.717) is 50.5 Å². The second-order valence-corrected chi connectivity index (χ2v) is 8.90. The van der Waals surface area contributed by atoms with Crippen LogP contribution in [0.3, 0.4) is 0 Å². The molecule has 1 heterocycles. The third-order valence-corrected chi connectivity index (χ3v) is 6.71. The lowest BCUT2D eigenvalue weighted by molar-refractivity contribution is 0.128. The van der Waals surface area contributed by atoms with Crippen molar-refractivity contribution in [3.8, 4) is 11.8 Å². The van der Waals surface area contributed by atoms with Crippen LogP contribution in [0.25, 0.3) is 0 Å². The fourth-order valence-corrected chi connectivity index (χ4v) is 4.55. The first-order chi connectivity index (χ1) is 15.0. The van der Waals surface area contributed by atoms with Gasteiger partial charge in [-0.3, -0.25) is 0 Å². The largest absolute Gasteiger partial charge is 0.491 e. The van der Waals surface area contributed by atoms with Gasteiger partial charge in [0.05, 0.1) is 28.8 Å². The van der Waals surface area contributed by atoms with E-state index in [1.54, 1.807) is 49.6 Å². The Labute approximate surface area is 182 Å². The molecule has 0 atom stereocenters. The van der Waals surface area contributed by atoms with Gasteiger partial charge in [0.15, 0.2) is 0 Å². The monoisotopic (exact) mass is 443 g/mol. The van der Waals surface area contributed by atoms with Crippen molar-refractivity contribution >= 4 is 15.7 Å². The summed E-state index contributed by atoms with van der Waals surface area (Å²) >= 11 is 0. The second-order valence-electron chi connectivity index (χ2n) is 6.96. The quantitative estimate of drug-likeness (QED) is 0.436. The zero-order valence-corrected chi connectivity index (χ0v) is 18.2. The molecule has 0 aromatic heterocycles. The molecular weight excluding hydrogens is 418 g/mol. The maximum Gasteiger partial charge on any atom is 0.243 e. The molecule has 0 radical (unpaired) electrons. The van der Waals surface area contributed by atoms with Crippen molar-refractivity contribution in [1.82, 2.24) is 4.31 Å². The molecule has 1 aliphatic heterocycles. The number of hydrogen-bond donors (Lipinski definition) is 0. The summed E-state index contributed by atoms with van der Waals surface area (Å²) < 4.78 is 37.7. The first-order valence-electron chi connectivity index (χ1n) is 9.91. The molecule has 8 nitrogen and oxygen atoms in total.